The van der Waals surface area contributed by atoms with Crippen molar-refractivity contribution in [1.29, 1.82) is 0 Å². The van der Waals surface area contributed by atoms with E-state index in [9.17, 15) is 15.0 Å². The number of aromatic carboxylic acids is 1. The van der Waals surface area contributed by atoms with Gasteiger partial charge in [0.1, 0.15) is 5.75 Å². The van der Waals surface area contributed by atoms with Crippen molar-refractivity contribution in [2.75, 3.05) is 0 Å². The van der Waals surface area contributed by atoms with Crippen molar-refractivity contribution in [1.82, 2.24) is 9.97 Å². The molecule has 0 amide bonds. The second-order valence-electron chi connectivity index (χ2n) is 6.01. The first-order valence-electron chi connectivity index (χ1n) is 7.66. The summed E-state index contributed by atoms with van der Waals surface area (Å²) in [6.07, 6.45) is 2.57. The smallest absolute Gasteiger partial charge is 0.335 e. The molecule has 5 nitrogen and oxygen atoms in total. The zero-order valence-electron chi connectivity index (χ0n) is 13.1. The summed E-state index contributed by atoms with van der Waals surface area (Å²) >= 11 is 0. The van der Waals surface area contributed by atoms with Crippen LogP contribution in [0.15, 0.2) is 42.6 Å². The van der Waals surface area contributed by atoms with Gasteiger partial charge in [0.2, 0.25) is 0 Å². The lowest BCUT2D eigenvalue weighted by molar-refractivity contribution is 0.0697. The first-order chi connectivity index (χ1) is 11.5. The molecule has 0 fully saturated rings. The minimum absolute atomic E-state index is 0.231. The van der Waals surface area contributed by atoms with Crippen molar-refractivity contribution in [3.05, 3.63) is 65.0 Å². The van der Waals surface area contributed by atoms with E-state index in [2.05, 4.69) is 9.97 Å². The van der Waals surface area contributed by atoms with Crippen molar-refractivity contribution < 1.29 is 15.0 Å². The second-order valence-corrected chi connectivity index (χ2v) is 6.01. The number of rotatable bonds is 3. The Morgan fingerprint density at radius 1 is 1.08 bits per heavy atom. The number of aromatic hydroxyl groups is 1. The first-order valence-corrected chi connectivity index (χ1v) is 7.66. The summed E-state index contributed by atoms with van der Waals surface area (Å²) in [5.41, 5.74) is 5.33. The van der Waals surface area contributed by atoms with Gasteiger partial charge in [-0.05, 0) is 54.4 Å². The highest BCUT2D eigenvalue weighted by molar-refractivity contribution is 5.95. The molecule has 0 atom stereocenters. The molecule has 2 aromatic heterocycles. The number of hydrogen-bond acceptors (Lipinski definition) is 2. The molecule has 4 aromatic rings. The highest BCUT2D eigenvalue weighted by atomic mass is 16.4. The second kappa shape index (κ2) is 5.16. The molecule has 0 bridgehead atoms. The number of carboxylic acids is 1. The average molecular weight is 320 g/mol. The number of phenols is 1. The number of carboxylic acid groups (broad SMARTS) is 1. The van der Waals surface area contributed by atoms with Crippen molar-refractivity contribution in [3.8, 4) is 5.75 Å². The van der Waals surface area contributed by atoms with Crippen LogP contribution >= 0.6 is 0 Å². The van der Waals surface area contributed by atoms with Crippen LogP contribution in [0.2, 0.25) is 0 Å². The number of fused-ring (bicyclic) bond motifs is 2. The van der Waals surface area contributed by atoms with Crippen molar-refractivity contribution >= 4 is 27.8 Å². The van der Waals surface area contributed by atoms with E-state index in [1.165, 1.54) is 0 Å². The number of carbonyl (C=O) groups is 1. The predicted molar refractivity (Wildman–Crippen MR) is 92.8 cm³/mol. The Kier molecular flexibility index (Phi) is 3.09. The SMILES string of the molecule is Cc1[nH]c2ccc(O)cc2c1Cc1c[nH]c2ccc(C(=O)O)cc12. The Morgan fingerprint density at radius 2 is 1.88 bits per heavy atom. The van der Waals surface area contributed by atoms with Gasteiger partial charge >= 0.3 is 5.97 Å². The standard InChI is InChI=1S/C19H16N2O3/c1-10-14(16-8-13(22)3-5-18(16)21-10)7-12-9-20-17-4-2-11(19(23)24)6-15(12)17/h2-6,8-9,20-22H,7H2,1H3,(H,23,24). The summed E-state index contributed by atoms with van der Waals surface area (Å²) in [6.45, 7) is 2.00. The Morgan fingerprint density at radius 3 is 2.67 bits per heavy atom. The van der Waals surface area contributed by atoms with E-state index < -0.39 is 5.97 Å². The van der Waals surface area contributed by atoms with Crippen LogP contribution in [0.1, 0.15) is 27.2 Å². The molecule has 2 heterocycles. The maximum atomic E-state index is 11.2. The average Bonchev–Trinajstić information content (AvgIpc) is 3.09. The molecule has 24 heavy (non-hydrogen) atoms. The minimum atomic E-state index is -0.933. The molecule has 4 rings (SSSR count). The van der Waals surface area contributed by atoms with E-state index in [4.69, 9.17) is 0 Å². The monoisotopic (exact) mass is 320 g/mol. The van der Waals surface area contributed by atoms with Crippen molar-refractivity contribution in [2.45, 2.75) is 13.3 Å². The van der Waals surface area contributed by atoms with Crippen LogP contribution in [0.5, 0.6) is 5.75 Å². The lowest BCUT2D eigenvalue weighted by Gasteiger charge is -2.03. The predicted octanol–water partition coefficient (Wildman–Crippen LogP) is 3.95. The number of benzene rings is 2. The molecule has 0 unspecified atom stereocenters. The number of nitrogens with one attached hydrogen (secondary N) is 2. The van der Waals surface area contributed by atoms with Crippen LogP contribution in [0, 0.1) is 6.92 Å². The normalized spacial score (nSPS) is 11.4. The largest absolute Gasteiger partial charge is 0.508 e. The van der Waals surface area contributed by atoms with Gasteiger partial charge in [-0.1, -0.05) is 0 Å². The number of aromatic amines is 2. The van der Waals surface area contributed by atoms with E-state index in [-0.39, 0.29) is 11.3 Å². The summed E-state index contributed by atoms with van der Waals surface area (Å²) < 4.78 is 0. The molecule has 0 aliphatic rings. The molecule has 0 aliphatic heterocycles. The number of phenolic OH excluding ortho intramolecular Hbond substituents is 1. The molecule has 0 aliphatic carbocycles. The molecule has 0 saturated carbocycles. The maximum Gasteiger partial charge on any atom is 0.335 e. The van der Waals surface area contributed by atoms with Crippen molar-refractivity contribution in [2.24, 2.45) is 0 Å². The third kappa shape index (κ3) is 2.22. The molecule has 5 heteroatoms. The summed E-state index contributed by atoms with van der Waals surface area (Å²) in [4.78, 5) is 17.7. The van der Waals surface area contributed by atoms with Gasteiger partial charge in [-0.3, -0.25) is 0 Å². The first kappa shape index (κ1) is 14.4. The maximum absolute atomic E-state index is 11.2. The number of hydrogen-bond donors (Lipinski definition) is 4. The molecular formula is C19H16N2O3. The molecule has 0 radical (unpaired) electrons. The lowest BCUT2D eigenvalue weighted by Crippen LogP contribution is -1.95. The van der Waals surface area contributed by atoms with Gasteiger partial charge in [0.25, 0.3) is 0 Å². The lowest BCUT2D eigenvalue weighted by atomic mass is 10.0. The van der Waals surface area contributed by atoms with E-state index >= 15 is 0 Å². The third-order valence-corrected chi connectivity index (χ3v) is 4.48. The van der Waals surface area contributed by atoms with Crippen LogP contribution in [0.25, 0.3) is 21.8 Å². The van der Waals surface area contributed by atoms with Crippen LogP contribution in [-0.2, 0) is 6.42 Å². The van der Waals surface area contributed by atoms with Gasteiger partial charge in [-0.15, -0.1) is 0 Å². The van der Waals surface area contributed by atoms with Crippen LogP contribution < -0.4 is 0 Å². The Hall–Kier alpha value is -3.21. The molecule has 0 spiro atoms. The van der Waals surface area contributed by atoms with E-state index in [0.717, 1.165) is 38.6 Å². The van der Waals surface area contributed by atoms with Gasteiger partial charge in [0.05, 0.1) is 5.56 Å². The van der Waals surface area contributed by atoms with Gasteiger partial charge in [-0.2, -0.15) is 0 Å². The molecule has 0 saturated heterocycles. The minimum Gasteiger partial charge on any atom is -0.508 e. The third-order valence-electron chi connectivity index (χ3n) is 4.48. The van der Waals surface area contributed by atoms with E-state index in [1.807, 2.05) is 19.2 Å². The highest BCUT2D eigenvalue weighted by Crippen LogP contribution is 2.30. The molecule has 2 aromatic carbocycles. The number of aryl methyl sites for hydroxylation is 1. The zero-order chi connectivity index (χ0) is 16.8. The Bertz CT molecular complexity index is 1090. The van der Waals surface area contributed by atoms with E-state index in [0.29, 0.717) is 6.42 Å². The molecule has 4 N–H and O–H groups in total. The van der Waals surface area contributed by atoms with E-state index in [1.54, 1.807) is 30.3 Å². The Balaban J connectivity index is 1.85. The highest BCUT2D eigenvalue weighted by Gasteiger charge is 2.13. The quantitative estimate of drug-likeness (QED) is 0.461. The van der Waals surface area contributed by atoms with Gasteiger partial charge in [0, 0.05) is 40.1 Å². The van der Waals surface area contributed by atoms with Gasteiger partial charge in [-0.25, -0.2) is 4.79 Å². The summed E-state index contributed by atoms with van der Waals surface area (Å²) in [5, 5.41) is 20.9. The van der Waals surface area contributed by atoms with Gasteiger partial charge < -0.3 is 20.2 Å². The number of aromatic nitrogens is 2. The summed E-state index contributed by atoms with van der Waals surface area (Å²) in [5.74, 6) is -0.702. The summed E-state index contributed by atoms with van der Waals surface area (Å²) in [6, 6.07) is 10.4. The molecule has 120 valence electrons. The topological polar surface area (TPSA) is 89.1 Å². The fourth-order valence-corrected chi connectivity index (χ4v) is 3.25. The zero-order valence-corrected chi connectivity index (χ0v) is 13.1. The van der Waals surface area contributed by atoms with Crippen LogP contribution in [0.4, 0.5) is 0 Å². The fourth-order valence-electron chi connectivity index (χ4n) is 3.25. The van der Waals surface area contributed by atoms with Crippen LogP contribution in [0.3, 0.4) is 0 Å². The van der Waals surface area contributed by atoms with Crippen LogP contribution in [-0.4, -0.2) is 26.2 Å². The van der Waals surface area contributed by atoms with Crippen molar-refractivity contribution in [3.63, 3.8) is 0 Å². The fraction of sp³-hybridized carbons (Fsp3) is 0.105. The van der Waals surface area contributed by atoms with Gasteiger partial charge in [0.15, 0.2) is 0 Å². The summed E-state index contributed by atoms with van der Waals surface area (Å²) in [7, 11) is 0. The molecular weight excluding hydrogens is 304 g/mol. The number of H-pyrrole nitrogens is 2. The Labute approximate surface area is 137 Å².